The van der Waals surface area contributed by atoms with Gasteiger partial charge in [0.2, 0.25) is 0 Å². The van der Waals surface area contributed by atoms with Crippen molar-refractivity contribution in [2.45, 2.75) is 38.7 Å². The van der Waals surface area contributed by atoms with Crippen molar-refractivity contribution in [1.29, 1.82) is 0 Å². The fourth-order valence-electron chi connectivity index (χ4n) is 5.82. The average molecular weight is 453 g/mol. The molecule has 32 heavy (non-hydrogen) atoms. The molecule has 3 atom stereocenters. The van der Waals surface area contributed by atoms with Crippen LogP contribution in [0.4, 0.5) is 0 Å². The Balaban J connectivity index is 1.78. The molecule has 170 valence electrons. The molecule has 1 aliphatic carbocycles. The molecule has 5 nitrogen and oxygen atoms in total. The van der Waals surface area contributed by atoms with Crippen LogP contribution in [0.5, 0.6) is 0 Å². The smallest absolute Gasteiger partial charge is 0.324 e. The first kappa shape index (κ1) is 22.7. The lowest BCUT2D eigenvalue weighted by Crippen LogP contribution is -2.67. The molecule has 0 spiro atoms. The van der Waals surface area contributed by atoms with Crippen LogP contribution < -0.4 is 10.4 Å². The number of hydrogen-bond acceptors (Lipinski definition) is 5. The third kappa shape index (κ3) is 3.32. The molecule has 0 aromatic heterocycles. The molecule has 0 amide bonds. The minimum Gasteiger partial charge on any atom is -0.468 e. The summed E-state index contributed by atoms with van der Waals surface area (Å²) in [5, 5.41) is 2.17. The number of benzene rings is 2. The van der Waals surface area contributed by atoms with Gasteiger partial charge in [0, 0.05) is 18.4 Å². The number of rotatable bonds is 6. The van der Waals surface area contributed by atoms with Crippen LogP contribution in [0.25, 0.3) is 0 Å². The molecule has 2 aromatic carbocycles. The Labute approximate surface area is 191 Å². The zero-order valence-corrected chi connectivity index (χ0v) is 20.3. The first-order valence-corrected chi connectivity index (χ1v) is 13.2. The SMILES string of the molecule is COC(=O)[C@]12C(=O)OC[C@H]1CC[C@@H]2CO[Si](c1ccccc1)(c1ccccc1)C(C)(C)C. The van der Waals surface area contributed by atoms with Gasteiger partial charge < -0.3 is 13.9 Å². The molecule has 1 aliphatic heterocycles. The summed E-state index contributed by atoms with van der Waals surface area (Å²) >= 11 is 0. The van der Waals surface area contributed by atoms with E-state index in [9.17, 15) is 9.59 Å². The van der Waals surface area contributed by atoms with Gasteiger partial charge in [-0.2, -0.15) is 0 Å². The second kappa shape index (κ2) is 8.48. The minimum absolute atomic E-state index is 0.143. The van der Waals surface area contributed by atoms with Crippen LogP contribution in [0, 0.1) is 17.3 Å². The zero-order chi connectivity index (χ0) is 23.0. The predicted octanol–water partition coefficient (Wildman–Crippen LogP) is 3.31. The highest BCUT2D eigenvalue weighted by atomic mass is 28.4. The zero-order valence-electron chi connectivity index (χ0n) is 19.3. The number of hydrogen-bond donors (Lipinski definition) is 0. The van der Waals surface area contributed by atoms with Gasteiger partial charge in [-0.3, -0.25) is 9.59 Å². The molecule has 1 heterocycles. The molecule has 1 saturated heterocycles. The molecule has 0 N–H and O–H groups in total. The van der Waals surface area contributed by atoms with Gasteiger partial charge >= 0.3 is 11.9 Å². The van der Waals surface area contributed by atoms with Crippen molar-refractivity contribution in [3.8, 4) is 0 Å². The number of carbonyl (C=O) groups is 2. The number of ether oxygens (including phenoxy) is 2. The van der Waals surface area contributed by atoms with E-state index in [1.54, 1.807) is 0 Å². The maximum atomic E-state index is 12.9. The van der Waals surface area contributed by atoms with Gasteiger partial charge in [0.25, 0.3) is 8.32 Å². The van der Waals surface area contributed by atoms with Crippen LogP contribution in [-0.2, 0) is 23.5 Å². The molecule has 2 aliphatic rings. The fraction of sp³-hybridized carbons (Fsp3) is 0.462. The van der Waals surface area contributed by atoms with E-state index in [1.165, 1.54) is 17.5 Å². The maximum absolute atomic E-state index is 12.9. The summed E-state index contributed by atoms with van der Waals surface area (Å²) < 4.78 is 17.5. The summed E-state index contributed by atoms with van der Waals surface area (Å²) in [5.41, 5.74) is -1.25. The van der Waals surface area contributed by atoms with Crippen molar-refractivity contribution >= 4 is 30.6 Å². The molecular weight excluding hydrogens is 420 g/mol. The summed E-state index contributed by atoms with van der Waals surface area (Å²) in [6, 6.07) is 20.8. The van der Waals surface area contributed by atoms with Gasteiger partial charge in [-0.25, -0.2) is 0 Å². The summed E-state index contributed by atoms with van der Waals surface area (Å²) in [5.74, 6) is -1.35. The maximum Gasteiger partial charge on any atom is 0.324 e. The summed E-state index contributed by atoms with van der Waals surface area (Å²) in [6.45, 7) is 7.25. The highest BCUT2D eigenvalue weighted by Crippen LogP contribution is 2.54. The number of esters is 2. The van der Waals surface area contributed by atoms with Gasteiger partial charge in [-0.15, -0.1) is 0 Å². The van der Waals surface area contributed by atoms with E-state index < -0.39 is 25.7 Å². The van der Waals surface area contributed by atoms with Crippen molar-refractivity contribution in [2.75, 3.05) is 20.3 Å². The van der Waals surface area contributed by atoms with Gasteiger partial charge in [0.15, 0.2) is 5.41 Å². The van der Waals surface area contributed by atoms with Gasteiger partial charge in [0.1, 0.15) is 0 Å². The van der Waals surface area contributed by atoms with Crippen molar-refractivity contribution in [2.24, 2.45) is 17.3 Å². The Morgan fingerprint density at radius 3 is 2.09 bits per heavy atom. The van der Waals surface area contributed by atoms with Gasteiger partial charge in [-0.05, 0) is 28.3 Å². The third-order valence-corrected chi connectivity index (χ3v) is 12.4. The van der Waals surface area contributed by atoms with Crippen LogP contribution in [0.15, 0.2) is 60.7 Å². The Morgan fingerprint density at radius 2 is 1.59 bits per heavy atom. The van der Waals surface area contributed by atoms with E-state index >= 15 is 0 Å². The molecule has 0 bridgehead atoms. The average Bonchev–Trinajstić information content (AvgIpc) is 3.32. The lowest BCUT2D eigenvalue weighted by Gasteiger charge is -2.44. The van der Waals surface area contributed by atoms with Gasteiger partial charge in [-0.1, -0.05) is 81.4 Å². The van der Waals surface area contributed by atoms with Gasteiger partial charge in [0.05, 0.1) is 13.7 Å². The second-order valence-corrected chi connectivity index (χ2v) is 14.2. The standard InChI is InChI=1S/C26H32O5Si/c1-25(2,3)32(21-11-7-5-8-12-21,22-13-9-6-10-14-22)31-18-20-16-15-19-17-30-24(28)26(19,20)23(27)29-4/h5-14,19-20H,15-18H2,1-4H3/t19-,20-,26+/m1/s1. The van der Waals surface area contributed by atoms with Crippen LogP contribution in [-0.4, -0.2) is 40.6 Å². The lowest BCUT2D eigenvalue weighted by atomic mass is 9.74. The quantitative estimate of drug-likeness (QED) is 0.382. The Bertz CT molecular complexity index is 929. The topological polar surface area (TPSA) is 61.8 Å². The van der Waals surface area contributed by atoms with Crippen molar-refractivity contribution in [3.63, 3.8) is 0 Å². The molecule has 4 rings (SSSR count). The molecule has 2 fully saturated rings. The highest BCUT2D eigenvalue weighted by Gasteiger charge is 2.67. The Morgan fingerprint density at radius 1 is 1.03 bits per heavy atom. The second-order valence-electron chi connectivity index (χ2n) is 9.90. The molecular formula is C26H32O5Si. The number of cyclic esters (lactones) is 1. The van der Waals surface area contributed by atoms with Crippen molar-refractivity contribution in [1.82, 2.24) is 0 Å². The largest absolute Gasteiger partial charge is 0.468 e. The number of fused-ring (bicyclic) bond motifs is 1. The fourth-order valence-corrected chi connectivity index (χ4v) is 10.4. The molecule has 0 unspecified atom stereocenters. The lowest BCUT2D eigenvalue weighted by molar-refractivity contribution is -0.167. The first-order chi connectivity index (χ1) is 15.3. The van der Waals surface area contributed by atoms with Crippen molar-refractivity contribution < 1.29 is 23.5 Å². The molecule has 1 saturated carbocycles. The predicted molar refractivity (Wildman–Crippen MR) is 125 cm³/mol. The van der Waals surface area contributed by atoms with E-state index in [1.807, 2.05) is 36.4 Å². The van der Waals surface area contributed by atoms with Crippen LogP contribution in [0.2, 0.25) is 5.04 Å². The van der Waals surface area contributed by atoms with E-state index in [4.69, 9.17) is 13.9 Å². The van der Waals surface area contributed by atoms with E-state index in [0.29, 0.717) is 6.61 Å². The highest BCUT2D eigenvalue weighted by molar-refractivity contribution is 6.99. The summed E-state index contributed by atoms with van der Waals surface area (Å²) in [7, 11) is -1.42. The Hall–Kier alpha value is -2.44. The molecule has 0 radical (unpaired) electrons. The van der Waals surface area contributed by atoms with E-state index in [0.717, 1.165) is 12.8 Å². The summed E-state index contributed by atoms with van der Waals surface area (Å²) in [4.78, 5) is 25.8. The van der Waals surface area contributed by atoms with Crippen LogP contribution >= 0.6 is 0 Å². The van der Waals surface area contributed by atoms with E-state index in [2.05, 4.69) is 45.0 Å². The monoisotopic (exact) mass is 452 g/mol. The van der Waals surface area contributed by atoms with Crippen LogP contribution in [0.3, 0.4) is 0 Å². The Kier molecular flexibility index (Phi) is 6.03. The van der Waals surface area contributed by atoms with Crippen LogP contribution in [0.1, 0.15) is 33.6 Å². The first-order valence-electron chi connectivity index (χ1n) is 11.3. The number of carbonyl (C=O) groups excluding carboxylic acids is 2. The van der Waals surface area contributed by atoms with E-state index in [-0.39, 0.29) is 23.5 Å². The number of methoxy groups -OCH3 is 1. The third-order valence-electron chi connectivity index (χ3n) is 7.35. The van der Waals surface area contributed by atoms with Crippen molar-refractivity contribution in [3.05, 3.63) is 60.7 Å². The molecule has 2 aromatic rings. The minimum atomic E-state index is -2.76. The normalized spacial score (nSPS) is 25.3. The summed E-state index contributed by atoms with van der Waals surface area (Å²) in [6.07, 6.45) is 1.50. The molecule has 6 heteroatoms.